The van der Waals surface area contributed by atoms with Gasteiger partial charge in [0.1, 0.15) is 12.7 Å². The third kappa shape index (κ3) is 3.57. The van der Waals surface area contributed by atoms with Crippen LogP contribution in [0.1, 0.15) is 41.0 Å². The SMILES string of the molecule is C[C@@H]1CCN2CN([C@@H](c3ccccc3)c3ccc(F)c(F)c3OC1)n1ccc(=O)c(O)c1C2=O. The Morgan fingerprint density at radius 2 is 1.82 bits per heavy atom. The zero-order valence-electron chi connectivity index (χ0n) is 18.4. The molecular weight excluding hydrogens is 444 g/mol. The molecule has 1 aromatic heterocycles. The smallest absolute Gasteiger partial charge is 0.277 e. The summed E-state index contributed by atoms with van der Waals surface area (Å²) >= 11 is 0. The molecule has 3 aromatic rings. The van der Waals surface area contributed by atoms with Crippen LogP contribution in [0.2, 0.25) is 0 Å². The molecule has 0 saturated carbocycles. The maximum absolute atomic E-state index is 15.1. The number of amides is 1. The minimum absolute atomic E-state index is 0.0708. The molecule has 0 radical (unpaired) electrons. The third-order valence-corrected chi connectivity index (χ3v) is 6.33. The zero-order valence-corrected chi connectivity index (χ0v) is 18.4. The van der Waals surface area contributed by atoms with E-state index in [2.05, 4.69) is 0 Å². The first-order valence-electron chi connectivity index (χ1n) is 11.0. The molecule has 176 valence electrons. The molecule has 2 aliphatic rings. The lowest BCUT2D eigenvalue weighted by Crippen LogP contribution is -2.55. The third-order valence-electron chi connectivity index (χ3n) is 6.33. The summed E-state index contributed by atoms with van der Waals surface area (Å²) < 4.78 is 36.6. The van der Waals surface area contributed by atoms with Crippen LogP contribution >= 0.6 is 0 Å². The van der Waals surface area contributed by atoms with Crippen molar-refractivity contribution in [3.05, 3.63) is 93.4 Å². The van der Waals surface area contributed by atoms with Crippen LogP contribution < -0.4 is 15.2 Å². The average Bonchev–Trinajstić information content (AvgIpc) is 2.86. The summed E-state index contributed by atoms with van der Waals surface area (Å²) in [5, 5.41) is 12.3. The van der Waals surface area contributed by atoms with Gasteiger partial charge in [-0.2, -0.15) is 4.39 Å². The summed E-state index contributed by atoms with van der Waals surface area (Å²) in [7, 11) is 0. The standard InChI is InChI=1S/C25H23F2N3O4/c1-15-9-11-28-14-30(29-12-10-19(31)23(32)22(29)25(28)33)21(16-5-3-2-4-6-16)17-7-8-18(26)20(27)24(17)34-13-15/h2-8,10,12,15,21,32H,9,11,13-14H2,1H3/t15-,21+/m1/s1. The first-order valence-corrected chi connectivity index (χ1v) is 11.0. The predicted octanol–water partition coefficient (Wildman–Crippen LogP) is 3.39. The van der Waals surface area contributed by atoms with Crippen LogP contribution in [-0.4, -0.2) is 40.4 Å². The maximum Gasteiger partial charge on any atom is 0.277 e. The molecule has 3 heterocycles. The molecule has 1 N–H and O–H groups in total. The van der Waals surface area contributed by atoms with Gasteiger partial charge in [-0.05, 0) is 30.0 Å². The van der Waals surface area contributed by atoms with Crippen molar-refractivity contribution in [2.75, 3.05) is 24.8 Å². The molecule has 0 saturated heterocycles. The summed E-state index contributed by atoms with van der Waals surface area (Å²) in [6.45, 7) is 2.45. The highest BCUT2D eigenvalue weighted by Crippen LogP contribution is 2.39. The fourth-order valence-electron chi connectivity index (χ4n) is 4.51. The van der Waals surface area contributed by atoms with Gasteiger partial charge in [0.05, 0.1) is 6.61 Å². The van der Waals surface area contributed by atoms with Crippen LogP contribution in [0.3, 0.4) is 0 Å². The number of ether oxygens (including phenoxy) is 1. The van der Waals surface area contributed by atoms with Crippen molar-refractivity contribution in [3.8, 4) is 11.5 Å². The van der Waals surface area contributed by atoms with Gasteiger partial charge in [0.2, 0.25) is 11.2 Å². The molecule has 0 unspecified atom stereocenters. The summed E-state index contributed by atoms with van der Waals surface area (Å²) in [6.07, 6.45) is 1.94. The Morgan fingerprint density at radius 1 is 1.06 bits per heavy atom. The molecule has 0 fully saturated rings. The van der Waals surface area contributed by atoms with E-state index in [1.54, 1.807) is 9.91 Å². The number of hydrogen-bond acceptors (Lipinski definition) is 5. The zero-order chi connectivity index (χ0) is 24.0. The van der Waals surface area contributed by atoms with Gasteiger partial charge in [-0.3, -0.25) is 19.3 Å². The number of aromatic nitrogens is 1. The molecule has 1 amide bonds. The Hall–Kier alpha value is -3.88. The minimum Gasteiger partial charge on any atom is -0.502 e. The number of carbonyl (C=O) groups excluding carboxylic acids is 1. The number of carbonyl (C=O) groups is 1. The largest absolute Gasteiger partial charge is 0.502 e. The topological polar surface area (TPSA) is 75.0 Å². The molecule has 7 nitrogen and oxygen atoms in total. The fourth-order valence-corrected chi connectivity index (χ4v) is 4.51. The van der Waals surface area contributed by atoms with Crippen LogP contribution in [0.25, 0.3) is 0 Å². The van der Waals surface area contributed by atoms with Crippen LogP contribution in [0.15, 0.2) is 59.5 Å². The summed E-state index contributed by atoms with van der Waals surface area (Å²) in [5.41, 5.74) is 0.241. The van der Waals surface area contributed by atoms with E-state index in [4.69, 9.17) is 4.74 Å². The van der Waals surface area contributed by atoms with E-state index in [9.17, 15) is 19.1 Å². The Bertz CT molecular complexity index is 1310. The molecule has 34 heavy (non-hydrogen) atoms. The molecule has 2 aliphatic heterocycles. The second kappa shape index (κ2) is 8.48. The summed E-state index contributed by atoms with van der Waals surface area (Å²) in [4.78, 5) is 27.0. The van der Waals surface area contributed by atoms with Gasteiger partial charge in [0.25, 0.3) is 5.91 Å². The second-order valence-corrected chi connectivity index (χ2v) is 8.67. The lowest BCUT2D eigenvalue weighted by Gasteiger charge is -2.44. The van der Waals surface area contributed by atoms with Crippen molar-refractivity contribution < 1.29 is 23.4 Å². The predicted molar refractivity (Wildman–Crippen MR) is 120 cm³/mol. The van der Waals surface area contributed by atoms with Gasteiger partial charge in [-0.1, -0.05) is 37.3 Å². The summed E-state index contributed by atoms with van der Waals surface area (Å²) in [6, 6.07) is 12.1. The van der Waals surface area contributed by atoms with Crippen molar-refractivity contribution >= 4 is 5.91 Å². The van der Waals surface area contributed by atoms with E-state index >= 15 is 4.39 Å². The molecular formula is C25H23F2N3O4. The van der Waals surface area contributed by atoms with Crippen LogP contribution in [0.4, 0.5) is 8.78 Å². The number of rotatable bonds is 1. The van der Waals surface area contributed by atoms with Crippen molar-refractivity contribution in [2.24, 2.45) is 5.92 Å². The first-order chi connectivity index (χ1) is 16.4. The van der Waals surface area contributed by atoms with Gasteiger partial charge < -0.3 is 14.7 Å². The number of halogens is 2. The Morgan fingerprint density at radius 3 is 2.59 bits per heavy atom. The van der Waals surface area contributed by atoms with E-state index in [1.807, 2.05) is 37.3 Å². The number of nitrogens with zero attached hydrogens (tertiary/aromatic N) is 3. The molecule has 2 aromatic carbocycles. The van der Waals surface area contributed by atoms with Gasteiger partial charge in [-0.15, -0.1) is 0 Å². The van der Waals surface area contributed by atoms with Crippen LogP contribution in [0, 0.1) is 17.6 Å². The highest BCUT2D eigenvalue weighted by Gasteiger charge is 2.38. The highest BCUT2D eigenvalue weighted by molar-refractivity contribution is 5.96. The maximum atomic E-state index is 15.1. The van der Waals surface area contributed by atoms with Gasteiger partial charge in [0, 0.05) is 24.4 Å². The average molecular weight is 467 g/mol. The second-order valence-electron chi connectivity index (χ2n) is 8.67. The Labute approximate surface area is 194 Å². The van der Waals surface area contributed by atoms with E-state index in [1.165, 1.54) is 23.0 Å². The van der Waals surface area contributed by atoms with E-state index in [0.29, 0.717) is 18.5 Å². The fraction of sp³-hybridized carbons (Fsp3) is 0.280. The monoisotopic (exact) mass is 467 g/mol. The molecule has 9 heteroatoms. The number of fused-ring (bicyclic) bond motifs is 5. The van der Waals surface area contributed by atoms with Crippen molar-refractivity contribution in [1.29, 1.82) is 0 Å². The van der Waals surface area contributed by atoms with E-state index < -0.39 is 34.8 Å². The van der Waals surface area contributed by atoms with Gasteiger partial charge >= 0.3 is 0 Å². The lowest BCUT2D eigenvalue weighted by atomic mass is 9.96. The first kappa shape index (κ1) is 21.9. The number of pyridine rings is 1. The molecule has 2 atom stereocenters. The van der Waals surface area contributed by atoms with Crippen molar-refractivity contribution in [3.63, 3.8) is 0 Å². The number of hydrogen-bond donors (Lipinski definition) is 1. The van der Waals surface area contributed by atoms with E-state index in [-0.39, 0.29) is 30.6 Å². The Kier molecular flexibility index (Phi) is 5.47. The highest BCUT2D eigenvalue weighted by atomic mass is 19.2. The van der Waals surface area contributed by atoms with Gasteiger partial charge in [-0.25, -0.2) is 4.39 Å². The lowest BCUT2D eigenvalue weighted by molar-refractivity contribution is 0.0668. The van der Waals surface area contributed by atoms with E-state index in [0.717, 1.165) is 11.6 Å². The van der Waals surface area contributed by atoms with Gasteiger partial charge in [0.15, 0.2) is 23.0 Å². The normalized spacial score (nSPS) is 20.1. The van der Waals surface area contributed by atoms with Crippen LogP contribution in [-0.2, 0) is 0 Å². The Balaban J connectivity index is 1.82. The quantitative estimate of drug-likeness (QED) is 0.594. The molecule has 5 rings (SSSR count). The summed E-state index contributed by atoms with van der Waals surface area (Å²) in [5.74, 6) is -3.51. The number of aromatic hydroxyl groups is 1. The van der Waals surface area contributed by atoms with Crippen molar-refractivity contribution in [2.45, 2.75) is 19.4 Å². The minimum atomic E-state index is -1.09. The molecule has 0 spiro atoms. The molecule has 2 bridgehead atoms. The number of benzene rings is 2. The molecule has 0 aliphatic carbocycles. The van der Waals surface area contributed by atoms with Crippen molar-refractivity contribution in [1.82, 2.24) is 9.58 Å². The van der Waals surface area contributed by atoms with Crippen LogP contribution in [0.5, 0.6) is 11.5 Å².